The van der Waals surface area contributed by atoms with Crippen molar-refractivity contribution < 1.29 is 5.11 Å². The first-order valence-electron chi connectivity index (χ1n) is 5.46. The zero-order valence-electron chi connectivity index (χ0n) is 9.92. The molecule has 1 aromatic heterocycles. The zero-order chi connectivity index (χ0) is 12.2. The van der Waals surface area contributed by atoms with Crippen LogP contribution in [0.4, 0.5) is 5.82 Å². The third kappa shape index (κ3) is 3.32. The van der Waals surface area contributed by atoms with Crippen LogP contribution in [0.5, 0.6) is 0 Å². The van der Waals surface area contributed by atoms with Gasteiger partial charge < -0.3 is 10.4 Å². The van der Waals surface area contributed by atoms with Crippen LogP contribution in [0.2, 0.25) is 5.28 Å². The summed E-state index contributed by atoms with van der Waals surface area (Å²) in [6.07, 6.45) is 3.07. The fraction of sp³-hybridized carbons (Fsp3) is 0.636. The van der Waals surface area contributed by atoms with Crippen molar-refractivity contribution in [1.82, 2.24) is 9.97 Å². The van der Waals surface area contributed by atoms with Crippen molar-refractivity contribution >= 4 is 17.4 Å². The van der Waals surface area contributed by atoms with E-state index in [2.05, 4.69) is 15.3 Å². The van der Waals surface area contributed by atoms with E-state index in [4.69, 9.17) is 11.6 Å². The van der Waals surface area contributed by atoms with Crippen LogP contribution in [0.15, 0.2) is 6.20 Å². The number of rotatable bonds is 5. The molecule has 0 aliphatic carbocycles. The smallest absolute Gasteiger partial charge is 0.224 e. The molecule has 1 heterocycles. The number of nitrogens with zero attached hydrogens (tertiary/aromatic N) is 2. The Morgan fingerprint density at radius 1 is 1.44 bits per heavy atom. The van der Waals surface area contributed by atoms with E-state index < -0.39 is 5.60 Å². The van der Waals surface area contributed by atoms with Crippen LogP contribution in [0.3, 0.4) is 0 Å². The van der Waals surface area contributed by atoms with Gasteiger partial charge in [-0.3, -0.25) is 0 Å². The Morgan fingerprint density at radius 2 is 2.06 bits per heavy atom. The quantitative estimate of drug-likeness (QED) is 0.780. The predicted molar refractivity (Wildman–Crippen MR) is 65.8 cm³/mol. The lowest BCUT2D eigenvalue weighted by Crippen LogP contribution is -2.35. The molecular formula is C11H18ClN3O. The van der Waals surface area contributed by atoms with Gasteiger partial charge in [-0.2, -0.15) is 0 Å². The lowest BCUT2D eigenvalue weighted by Gasteiger charge is -2.25. The molecule has 0 unspecified atom stereocenters. The molecule has 4 nitrogen and oxygen atoms in total. The molecule has 16 heavy (non-hydrogen) atoms. The Hall–Kier alpha value is -0.870. The first-order chi connectivity index (χ1) is 7.50. The molecule has 0 bridgehead atoms. The molecule has 0 radical (unpaired) electrons. The highest BCUT2D eigenvalue weighted by molar-refractivity contribution is 6.28. The van der Waals surface area contributed by atoms with Crippen molar-refractivity contribution in [2.24, 2.45) is 0 Å². The van der Waals surface area contributed by atoms with Gasteiger partial charge in [-0.15, -0.1) is 0 Å². The number of aliphatic hydroxyl groups is 1. The molecule has 1 rings (SSSR count). The highest BCUT2D eigenvalue weighted by Crippen LogP contribution is 2.18. The Balaban J connectivity index is 2.70. The number of anilines is 1. The van der Waals surface area contributed by atoms with Crippen molar-refractivity contribution in [3.8, 4) is 0 Å². The summed E-state index contributed by atoms with van der Waals surface area (Å²) in [5, 5.41) is 13.4. The Bertz CT molecular complexity index is 353. The van der Waals surface area contributed by atoms with Crippen molar-refractivity contribution in [3.63, 3.8) is 0 Å². The van der Waals surface area contributed by atoms with Gasteiger partial charge in [0.2, 0.25) is 5.28 Å². The molecule has 0 atom stereocenters. The third-order valence-corrected chi connectivity index (χ3v) is 3.03. The normalized spacial score (nSPS) is 11.6. The Labute approximate surface area is 101 Å². The minimum atomic E-state index is -0.691. The van der Waals surface area contributed by atoms with Gasteiger partial charge in [0.1, 0.15) is 5.82 Å². The molecule has 0 fully saturated rings. The highest BCUT2D eigenvalue weighted by atomic mass is 35.5. The van der Waals surface area contributed by atoms with E-state index >= 15 is 0 Å². The van der Waals surface area contributed by atoms with Crippen LogP contribution >= 0.6 is 11.6 Å². The lowest BCUT2D eigenvalue weighted by atomic mass is 9.97. The SMILES string of the molecule is CCC(O)(CC)CNc1nc(Cl)ncc1C. The molecule has 2 N–H and O–H groups in total. The maximum Gasteiger partial charge on any atom is 0.224 e. The summed E-state index contributed by atoms with van der Waals surface area (Å²) in [6.45, 7) is 6.29. The molecule has 0 aliphatic heterocycles. The van der Waals surface area contributed by atoms with Crippen LogP contribution in [0.25, 0.3) is 0 Å². The first kappa shape index (κ1) is 13.2. The summed E-state index contributed by atoms with van der Waals surface area (Å²) >= 11 is 5.71. The van der Waals surface area contributed by atoms with E-state index in [1.54, 1.807) is 6.20 Å². The molecule has 1 aromatic rings. The van der Waals surface area contributed by atoms with E-state index in [1.165, 1.54) is 0 Å². The van der Waals surface area contributed by atoms with Crippen LogP contribution in [0, 0.1) is 6.92 Å². The first-order valence-corrected chi connectivity index (χ1v) is 5.84. The topological polar surface area (TPSA) is 58.0 Å². The zero-order valence-corrected chi connectivity index (χ0v) is 10.7. The molecule has 0 spiro atoms. The third-order valence-electron chi connectivity index (χ3n) is 2.84. The van der Waals surface area contributed by atoms with Gasteiger partial charge in [0.05, 0.1) is 5.60 Å². The molecule has 0 saturated carbocycles. The minimum absolute atomic E-state index is 0.213. The van der Waals surface area contributed by atoms with Gasteiger partial charge in [0.15, 0.2) is 0 Å². The maximum absolute atomic E-state index is 10.1. The number of halogens is 1. The second-order valence-electron chi connectivity index (χ2n) is 3.96. The Morgan fingerprint density at radius 3 is 2.62 bits per heavy atom. The molecule has 90 valence electrons. The van der Waals surface area contributed by atoms with Crippen LogP contribution in [-0.2, 0) is 0 Å². The monoisotopic (exact) mass is 243 g/mol. The molecule has 5 heteroatoms. The summed E-state index contributed by atoms with van der Waals surface area (Å²) in [5.41, 5.74) is 0.225. The van der Waals surface area contributed by atoms with Crippen LogP contribution in [-0.4, -0.2) is 27.2 Å². The summed E-state index contributed by atoms with van der Waals surface area (Å²) in [5.74, 6) is 0.681. The number of hydrogen-bond donors (Lipinski definition) is 2. The van der Waals surface area contributed by atoms with Crippen LogP contribution < -0.4 is 5.32 Å². The maximum atomic E-state index is 10.1. The average molecular weight is 244 g/mol. The standard InChI is InChI=1S/C11H18ClN3O/c1-4-11(16,5-2)7-14-9-8(3)6-13-10(12)15-9/h6,16H,4-5,7H2,1-3H3,(H,13,14,15). The van der Waals surface area contributed by atoms with Gasteiger partial charge in [0.25, 0.3) is 0 Å². The molecule has 0 aliphatic rings. The molecule has 0 aromatic carbocycles. The number of aromatic nitrogens is 2. The lowest BCUT2D eigenvalue weighted by molar-refractivity contribution is 0.0456. The van der Waals surface area contributed by atoms with Gasteiger partial charge in [-0.05, 0) is 31.4 Å². The largest absolute Gasteiger partial charge is 0.388 e. The van der Waals surface area contributed by atoms with Gasteiger partial charge in [0, 0.05) is 18.3 Å². The summed E-state index contributed by atoms with van der Waals surface area (Å²) in [6, 6.07) is 0. The summed E-state index contributed by atoms with van der Waals surface area (Å²) < 4.78 is 0. The number of nitrogens with one attached hydrogen (secondary N) is 1. The highest BCUT2D eigenvalue weighted by Gasteiger charge is 2.22. The van der Waals surface area contributed by atoms with E-state index in [-0.39, 0.29) is 5.28 Å². The summed E-state index contributed by atoms with van der Waals surface area (Å²) in [7, 11) is 0. The van der Waals surface area contributed by atoms with Crippen molar-refractivity contribution in [2.75, 3.05) is 11.9 Å². The van der Waals surface area contributed by atoms with Gasteiger partial charge >= 0.3 is 0 Å². The van der Waals surface area contributed by atoms with E-state index in [1.807, 2.05) is 20.8 Å². The average Bonchev–Trinajstić information content (AvgIpc) is 2.30. The Kier molecular flexibility index (Phi) is 4.50. The van der Waals surface area contributed by atoms with Crippen LogP contribution in [0.1, 0.15) is 32.3 Å². The van der Waals surface area contributed by atoms with Crippen molar-refractivity contribution in [1.29, 1.82) is 0 Å². The van der Waals surface area contributed by atoms with E-state index in [0.29, 0.717) is 25.2 Å². The number of aryl methyl sites for hydroxylation is 1. The molecule has 0 saturated heterocycles. The predicted octanol–water partition coefficient (Wildman–Crippen LogP) is 2.40. The minimum Gasteiger partial charge on any atom is -0.388 e. The second kappa shape index (κ2) is 5.46. The number of hydrogen-bond acceptors (Lipinski definition) is 4. The van der Waals surface area contributed by atoms with Crippen molar-refractivity contribution in [2.45, 2.75) is 39.2 Å². The van der Waals surface area contributed by atoms with E-state index in [9.17, 15) is 5.11 Å². The fourth-order valence-electron chi connectivity index (χ4n) is 1.35. The van der Waals surface area contributed by atoms with Crippen molar-refractivity contribution in [3.05, 3.63) is 17.0 Å². The fourth-order valence-corrected chi connectivity index (χ4v) is 1.48. The van der Waals surface area contributed by atoms with Gasteiger partial charge in [-0.1, -0.05) is 13.8 Å². The summed E-state index contributed by atoms with van der Waals surface area (Å²) in [4.78, 5) is 7.95. The molecular weight excluding hydrogens is 226 g/mol. The second-order valence-corrected chi connectivity index (χ2v) is 4.29. The van der Waals surface area contributed by atoms with Gasteiger partial charge in [-0.25, -0.2) is 9.97 Å². The van der Waals surface area contributed by atoms with E-state index in [0.717, 1.165) is 5.56 Å². The molecule has 0 amide bonds.